The molecule has 0 aromatic heterocycles. The summed E-state index contributed by atoms with van der Waals surface area (Å²) in [4.78, 5) is 0. The number of nitrogens with one attached hydrogen (secondary N) is 2. The van der Waals surface area contributed by atoms with Gasteiger partial charge in [-0.15, -0.1) is 0 Å². The lowest BCUT2D eigenvalue weighted by Gasteiger charge is -2.14. The lowest BCUT2D eigenvalue weighted by Crippen LogP contribution is -2.35. The minimum absolute atomic E-state index is 0.0555. The van der Waals surface area contributed by atoms with E-state index in [4.69, 9.17) is 0 Å². The molecule has 0 aromatic rings. The third-order valence-electron chi connectivity index (χ3n) is 3.01. The predicted octanol–water partition coefficient (Wildman–Crippen LogP) is 2.65. The van der Waals surface area contributed by atoms with Gasteiger partial charge in [0.15, 0.2) is 0 Å². The summed E-state index contributed by atoms with van der Waals surface area (Å²) in [6.07, 6.45) is 6.34. The number of hydrogen-bond acceptors (Lipinski definition) is 3. The largest absolute Gasteiger partial charge is 0.314 e. The Morgan fingerprint density at radius 1 is 1.00 bits per heavy atom. The second-order valence-corrected chi connectivity index (χ2v) is 7.52. The SMILES string of the molecule is CCCCCCC(C)NS(=O)(=O)CCCNC(C)C. The van der Waals surface area contributed by atoms with Crippen LogP contribution in [0.25, 0.3) is 0 Å². The van der Waals surface area contributed by atoms with Gasteiger partial charge < -0.3 is 5.32 Å². The Labute approximate surface area is 119 Å². The van der Waals surface area contributed by atoms with Crippen LogP contribution < -0.4 is 10.0 Å². The van der Waals surface area contributed by atoms with Gasteiger partial charge >= 0.3 is 0 Å². The van der Waals surface area contributed by atoms with Crippen LogP contribution in [-0.2, 0) is 10.0 Å². The fraction of sp³-hybridized carbons (Fsp3) is 1.00. The van der Waals surface area contributed by atoms with E-state index in [-0.39, 0.29) is 11.8 Å². The maximum atomic E-state index is 11.8. The van der Waals surface area contributed by atoms with E-state index in [2.05, 4.69) is 30.8 Å². The number of unbranched alkanes of at least 4 members (excludes halogenated alkanes) is 3. The molecule has 0 aliphatic carbocycles. The monoisotopic (exact) mass is 292 g/mol. The van der Waals surface area contributed by atoms with Crippen LogP contribution in [0.4, 0.5) is 0 Å². The highest BCUT2D eigenvalue weighted by atomic mass is 32.2. The van der Waals surface area contributed by atoms with Crippen molar-refractivity contribution < 1.29 is 8.42 Å². The number of rotatable bonds is 12. The van der Waals surface area contributed by atoms with E-state index in [1.54, 1.807) is 0 Å². The van der Waals surface area contributed by atoms with E-state index < -0.39 is 10.0 Å². The predicted molar refractivity (Wildman–Crippen MR) is 82.9 cm³/mol. The second kappa shape index (κ2) is 10.6. The van der Waals surface area contributed by atoms with Gasteiger partial charge in [-0.05, 0) is 26.3 Å². The van der Waals surface area contributed by atoms with Crippen molar-refractivity contribution in [3.05, 3.63) is 0 Å². The average molecular weight is 292 g/mol. The highest BCUT2D eigenvalue weighted by Gasteiger charge is 2.13. The molecule has 0 aromatic carbocycles. The lowest BCUT2D eigenvalue weighted by molar-refractivity contribution is 0.518. The molecule has 0 saturated heterocycles. The quantitative estimate of drug-likeness (QED) is 0.544. The van der Waals surface area contributed by atoms with Crippen molar-refractivity contribution in [1.29, 1.82) is 0 Å². The summed E-state index contributed by atoms with van der Waals surface area (Å²) in [5, 5.41) is 3.23. The zero-order chi connectivity index (χ0) is 14.7. The Bertz CT molecular complexity index is 303. The Hall–Kier alpha value is -0.130. The summed E-state index contributed by atoms with van der Waals surface area (Å²) in [7, 11) is -3.11. The normalized spacial score (nSPS) is 13.9. The smallest absolute Gasteiger partial charge is 0.211 e. The van der Waals surface area contributed by atoms with Crippen molar-refractivity contribution in [3.8, 4) is 0 Å². The van der Waals surface area contributed by atoms with Crippen molar-refractivity contribution in [3.63, 3.8) is 0 Å². The molecule has 0 rings (SSSR count). The first-order valence-corrected chi connectivity index (χ1v) is 9.26. The minimum atomic E-state index is -3.11. The van der Waals surface area contributed by atoms with Gasteiger partial charge in [0.2, 0.25) is 10.0 Å². The molecular weight excluding hydrogens is 260 g/mol. The van der Waals surface area contributed by atoms with Crippen LogP contribution in [0.15, 0.2) is 0 Å². The van der Waals surface area contributed by atoms with Gasteiger partial charge in [0, 0.05) is 12.1 Å². The van der Waals surface area contributed by atoms with Crippen LogP contribution in [0.2, 0.25) is 0 Å². The van der Waals surface area contributed by atoms with Crippen molar-refractivity contribution >= 4 is 10.0 Å². The van der Waals surface area contributed by atoms with E-state index in [1.165, 1.54) is 19.3 Å². The van der Waals surface area contributed by atoms with Gasteiger partial charge in [0.25, 0.3) is 0 Å². The molecule has 0 saturated carbocycles. The van der Waals surface area contributed by atoms with Crippen molar-refractivity contribution in [2.24, 2.45) is 0 Å². The zero-order valence-corrected chi connectivity index (χ0v) is 13.9. The van der Waals surface area contributed by atoms with Crippen molar-refractivity contribution in [2.45, 2.75) is 78.3 Å². The molecule has 2 N–H and O–H groups in total. The van der Waals surface area contributed by atoms with E-state index in [0.29, 0.717) is 12.5 Å². The molecule has 0 aliphatic rings. The van der Waals surface area contributed by atoms with Gasteiger partial charge in [-0.1, -0.05) is 46.5 Å². The first-order chi connectivity index (χ1) is 8.87. The molecule has 1 atom stereocenters. The summed E-state index contributed by atoms with van der Waals surface area (Å²) in [6.45, 7) is 9.01. The Morgan fingerprint density at radius 3 is 2.26 bits per heavy atom. The number of sulfonamides is 1. The number of hydrogen-bond donors (Lipinski definition) is 2. The van der Waals surface area contributed by atoms with Crippen LogP contribution in [0.5, 0.6) is 0 Å². The third-order valence-corrected chi connectivity index (χ3v) is 4.60. The average Bonchev–Trinajstić information content (AvgIpc) is 2.29. The molecular formula is C14H32N2O2S. The Kier molecular flexibility index (Phi) is 10.6. The lowest BCUT2D eigenvalue weighted by atomic mass is 10.1. The zero-order valence-electron chi connectivity index (χ0n) is 13.0. The van der Waals surface area contributed by atoms with Crippen molar-refractivity contribution in [1.82, 2.24) is 10.0 Å². The van der Waals surface area contributed by atoms with Crippen LogP contribution in [-0.4, -0.2) is 32.8 Å². The fourth-order valence-corrected chi connectivity index (χ4v) is 3.33. The van der Waals surface area contributed by atoms with E-state index in [0.717, 1.165) is 19.4 Å². The molecule has 19 heavy (non-hydrogen) atoms. The molecule has 0 amide bonds. The fourth-order valence-electron chi connectivity index (χ4n) is 1.95. The van der Waals surface area contributed by atoms with Gasteiger partial charge in [-0.25, -0.2) is 13.1 Å². The molecule has 116 valence electrons. The van der Waals surface area contributed by atoms with Crippen LogP contribution in [0.3, 0.4) is 0 Å². The van der Waals surface area contributed by atoms with E-state index >= 15 is 0 Å². The molecule has 0 bridgehead atoms. The molecule has 5 heteroatoms. The minimum Gasteiger partial charge on any atom is -0.314 e. The van der Waals surface area contributed by atoms with E-state index in [1.807, 2.05) is 6.92 Å². The molecule has 1 unspecified atom stereocenters. The summed E-state index contributed by atoms with van der Waals surface area (Å²) in [6, 6.07) is 0.466. The summed E-state index contributed by atoms with van der Waals surface area (Å²) >= 11 is 0. The molecule has 0 spiro atoms. The molecule has 0 radical (unpaired) electrons. The van der Waals surface area contributed by atoms with Gasteiger partial charge in [0.05, 0.1) is 5.75 Å². The molecule has 0 fully saturated rings. The third kappa shape index (κ3) is 12.6. The second-order valence-electron chi connectivity index (χ2n) is 5.65. The van der Waals surface area contributed by atoms with Crippen molar-refractivity contribution in [2.75, 3.05) is 12.3 Å². The first-order valence-electron chi connectivity index (χ1n) is 7.60. The summed E-state index contributed by atoms with van der Waals surface area (Å²) in [5.74, 6) is 0.214. The van der Waals surface area contributed by atoms with Crippen LogP contribution >= 0.6 is 0 Å². The molecule has 0 heterocycles. The van der Waals surface area contributed by atoms with Crippen LogP contribution in [0, 0.1) is 0 Å². The molecule has 0 aliphatic heterocycles. The van der Waals surface area contributed by atoms with Gasteiger partial charge in [-0.3, -0.25) is 0 Å². The van der Waals surface area contributed by atoms with Gasteiger partial charge in [-0.2, -0.15) is 0 Å². The molecule has 4 nitrogen and oxygen atoms in total. The van der Waals surface area contributed by atoms with Gasteiger partial charge in [0.1, 0.15) is 0 Å². The highest BCUT2D eigenvalue weighted by molar-refractivity contribution is 7.89. The summed E-state index contributed by atoms with van der Waals surface area (Å²) < 4.78 is 26.4. The standard InChI is InChI=1S/C14H32N2O2S/c1-5-6-7-8-10-14(4)16-19(17,18)12-9-11-15-13(2)3/h13-16H,5-12H2,1-4H3. The first kappa shape index (κ1) is 18.9. The highest BCUT2D eigenvalue weighted by Crippen LogP contribution is 2.06. The Morgan fingerprint density at radius 2 is 1.68 bits per heavy atom. The van der Waals surface area contributed by atoms with Crippen LogP contribution in [0.1, 0.15) is 66.2 Å². The maximum Gasteiger partial charge on any atom is 0.211 e. The van der Waals surface area contributed by atoms with E-state index in [9.17, 15) is 8.42 Å². The topological polar surface area (TPSA) is 58.2 Å². The summed E-state index contributed by atoms with van der Waals surface area (Å²) in [5.41, 5.74) is 0. The Balaban J connectivity index is 3.75. The maximum absolute atomic E-state index is 11.8.